The monoisotopic (exact) mass is 354 g/mol. The molecule has 1 fully saturated rings. The summed E-state index contributed by atoms with van der Waals surface area (Å²) in [5.74, 6) is 0.0581. The van der Waals surface area contributed by atoms with Crippen LogP contribution in [0.25, 0.3) is 0 Å². The van der Waals surface area contributed by atoms with Crippen molar-refractivity contribution in [1.29, 1.82) is 0 Å². The minimum Gasteiger partial charge on any atom is -0.326 e. The number of aryl methyl sites for hydroxylation is 2. The molecule has 1 aliphatic rings. The molecule has 1 saturated heterocycles. The number of benzene rings is 1. The van der Waals surface area contributed by atoms with Crippen LogP contribution in [0.2, 0.25) is 0 Å². The van der Waals surface area contributed by atoms with Crippen molar-refractivity contribution in [3.8, 4) is 0 Å². The first-order valence-electron chi connectivity index (χ1n) is 9.63. The molecule has 0 saturated carbocycles. The zero-order valence-corrected chi connectivity index (χ0v) is 16.2. The van der Waals surface area contributed by atoms with Gasteiger partial charge in [-0.2, -0.15) is 5.10 Å². The summed E-state index contributed by atoms with van der Waals surface area (Å²) in [6.07, 6.45) is 5.14. The molecule has 1 amide bonds. The molecule has 3 rings (SSSR count). The smallest absolute Gasteiger partial charge is 0.224 e. The van der Waals surface area contributed by atoms with E-state index in [4.69, 9.17) is 0 Å². The van der Waals surface area contributed by atoms with Gasteiger partial charge in [0.25, 0.3) is 0 Å². The zero-order valence-electron chi connectivity index (χ0n) is 16.2. The van der Waals surface area contributed by atoms with Gasteiger partial charge in [-0.15, -0.1) is 0 Å². The normalized spacial score (nSPS) is 15.2. The molecule has 2 heterocycles. The number of anilines is 1. The van der Waals surface area contributed by atoms with Crippen LogP contribution in [0.15, 0.2) is 24.3 Å². The zero-order chi connectivity index (χ0) is 18.5. The number of rotatable bonds is 6. The molecule has 0 bridgehead atoms. The summed E-state index contributed by atoms with van der Waals surface area (Å²) in [5, 5.41) is 7.47. The highest BCUT2D eigenvalue weighted by molar-refractivity contribution is 5.90. The molecular formula is C21H30N4O. The Balaban J connectivity index is 1.54. The van der Waals surface area contributed by atoms with Gasteiger partial charge in [-0.3, -0.25) is 14.4 Å². The highest BCUT2D eigenvalue weighted by Gasteiger charge is 2.13. The first-order chi connectivity index (χ1) is 12.5. The molecule has 1 aliphatic heterocycles. The molecule has 0 aliphatic carbocycles. The second-order valence-electron chi connectivity index (χ2n) is 7.36. The van der Waals surface area contributed by atoms with Crippen LogP contribution in [0.1, 0.15) is 48.2 Å². The minimum absolute atomic E-state index is 0.0581. The van der Waals surface area contributed by atoms with Gasteiger partial charge in [0.15, 0.2) is 0 Å². The van der Waals surface area contributed by atoms with E-state index >= 15 is 0 Å². The van der Waals surface area contributed by atoms with E-state index in [0.29, 0.717) is 6.42 Å². The molecule has 0 radical (unpaired) electrons. The van der Waals surface area contributed by atoms with E-state index in [-0.39, 0.29) is 5.91 Å². The molecule has 1 aromatic carbocycles. The van der Waals surface area contributed by atoms with Crippen LogP contribution in [0, 0.1) is 13.8 Å². The van der Waals surface area contributed by atoms with Crippen LogP contribution in [0.3, 0.4) is 0 Å². The number of nitrogens with zero attached hydrogens (tertiary/aromatic N) is 3. The summed E-state index contributed by atoms with van der Waals surface area (Å²) in [4.78, 5) is 14.9. The van der Waals surface area contributed by atoms with Gasteiger partial charge in [0, 0.05) is 31.4 Å². The van der Waals surface area contributed by atoms with Crippen LogP contribution in [-0.2, 0) is 24.8 Å². The molecule has 2 aromatic rings. The average molecular weight is 354 g/mol. The van der Waals surface area contributed by atoms with Crippen molar-refractivity contribution in [3.63, 3.8) is 0 Å². The third-order valence-corrected chi connectivity index (χ3v) is 5.33. The molecule has 5 heteroatoms. The molecule has 26 heavy (non-hydrogen) atoms. The van der Waals surface area contributed by atoms with Crippen molar-refractivity contribution < 1.29 is 4.79 Å². The Labute approximate surface area is 156 Å². The van der Waals surface area contributed by atoms with E-state index in [1.807, 2.05) is 30.8 Å². The molecule has 1 N–H and O–H groups in total. The van der Waals surface area contributed by atoms with Crippen molar-refractivity contribution in [2.75, 3.05) is 18.4 Å². The summed E-state index contributed by atoms with van der Waals surface area (Å²) in [5.41, 5.74) is 5.49. The van der Waals surface area contributed by atoms with Crippen molar-refractivity contribution in [2.45, 2.75) is 52.5 Å². The lowest BCUT2D eigenvalue weighted by molar-refractivity contribution is -0.116. The van der Waals surface area contributed by atoms with E-state index in [1.165, 1.54) is 43.5 Å². The Kier molecular flexibility index (Phi) is 6.09. The first kappa shape index (κ1) is 18.6. The van der Waals surface area contributed by atoms with Crippen LogP contribution in [0.5, 0.6) is 0 Å². The largest absolute Gasteiger partial charge is 0.326 e. The lowest BCUT2D eigenvalue weighted by Crippen LogP contribution is -2.29. The molecule has 0 spiro atoms. The summed E-state index contributed by atoms with van der Waals surface area (Å²) in [6.45, 7) is 7.39. The van der Waals surface area contributed by atoms with Crippen molar-refractivity contribution >= 4 is 11.6 Å². The van der Waals surface area contributed by atoms with Gasteiger partial charge in [-0.05, 0) is 69.5 Å². The van der Waals surface area contributed by atoms with E-state index in [2.05, 4.69) is 34.4 Å². The molecule has 140 valence electrons. The SMILES string of the molecule is Cc1nn(C)c(C)c1CCC(=O)Nc1cccc(CN2CCCCC2)c1. The Hall–Kier alpha value is -2.14. The number of carbonyl (C=O) groups excluding carboxylic acids is 1. The lowest BCUT2D eigenvalue weighted by Gasteiger charge is -2.26. The van der Waals surface area contributed by atoms with Gasteiger partial charge in [0.05, 0.1) is 5.69 Å². The summed E-state index contributed by atoms with van der Waals surface area (Å²) >= 11 is 0. The molecule has 0 unspecified atom stereocenters. The maximum Gasteiger partial charge on any atom is 0.224 e. The fraction of sp³-hybridized carbons (Fsp3) is 0.524. The number of nitrogens with one attached hydrogen (secondary N) is 1. The lowest BCUT2D eigenvalue weighted by atomic mass is 10.1. The third kappa shape index (κ3) is 4.73. The Morgan fingerprint density at radius 1 is 1.19 bits per heavy atom. The highest BCUT2D eigenvalue weighted by Crippen LogP contribution is 2.18. The van der Waals surface area contributed by atoms with E-state index in [0.717, 1.165) is 30.0 Å². The predicted molar refractivity (Wildman–Crippen MR) is 105 cm³/mol. The summed E-state index contributed by atoms with van der Waals surface area (Å²) in [6, 6.07) is 8.25. The van der Waals surface area contributed by atoms with Crippen LogP contribution >= 0.6 is 0 Å². The second-order valence-corrected chi connectivity index (χ2v) is 7.36. The Morgan fingerprint density at radius 2 is 1.96 bits per heavy atom. The number of piperidine rings is 1. The van der Waals surface area contributed by atoms with Gasteiger partial charge in [-0.1, -0.05) is 18.6 Å². The number of hydrogen-bond donors (Lipinski definition) is 1. The number of hydrogen-bond acceptors (Lipinski definition) is 3. The van der Waals surface area contributed by atoms with Gasteiger partial charge < -0.3 is 5.32 Å². The molecular weight excluding hydrogens is 324 g/mol. The van der Waals surface area contributed by atoms with Crippen LogP contribution < -0.4 is 5.32 Å². The Morgan fingerprint density at radius 3 is 2.65 bits per heavy atom. The van der Waals surface area contributed by atoms with Crippen molar-refractivity contribution in [1.82, 2.24) is 14.7 Å². The topological polar surface area (TPSA) is 50.2 Å². The molecule has 5 nitrogen and oxygen atoms in total. The van der Waals surface area contributed by atoms with Gasteiger partial charge in [0.2, 0.25) is 5.91 Å². The van der Waals surface area contributed by atoms with Crippen LogP contribution in [0.4, 0.5) is 5.69 Å². The standard InChI is InChI=1S/C21H30N4O/c1-16-20(17(2)24(3)23-16)10-11-21(26)22-19-9-7-8-18(14-19)15-25-12-5-4-6-13-25/h7-9,14H,4-6,10-13,15H2,1-3H3,(H,22,26). The maximum atomic E-state index is 12.4. The minimum atomic E-state index is 0.0581. The number of carbonyl (C=O) groups is 1. The second kappa shape index (κ2) is 8.49. The summed E-state index contributed by atoms with van der Waals surface area (Å²) in [7, 11) is 1.94. The molecule has 0 atom stereocenters. The van der Waals surface area contributed by atoms with Gasteiger partial charge in [-0.25, -0.2) is 0 Å². The third-order valence-electron chi connectivity index (χ3n) is 5.33. The Bertz CT molecular complexity index is 759. The first-order valence-corrected chi connectivity index (χ1v) is 9.63. The fourth-order valence-electron chi connectivity index (χ4n) is 3.76. The average Bonchev–Trinajstić information content (AvgIpc) is 2.86. The fourth-order valence-corrected chi connectivity index (χ4v) is 3.76. The van der Waals surface area contributed by atoms with E-state index < -0.39 is 0 Å². The molecule has 1 aromatic heterocycles. The van der Waals surface area contributed by atoms with Gasteiger partial charge in [0.1, 0.15) is 0 Å². The highest BCUT2D eigenvalue weighted by atomic mass is 16.1. The number of aromatic nitrogens is 2. The predicted octanol–water partition coefficient (Wildman–Crippen LogP) is 3.59. The van der Waals surface area contributed by atoms with Crippen molar-refractivity contribution in [2.24, 2.45) is 7.05 Å². The maximum absolute atomic E-state index is 12.4. The van der Waals surface area contributed by atoms with E-state index in [9.17, 15) is 4.79 Å². The number of likely N-dealkylation sites (tertiary alicyclic amines) is 1. The van der Waals surface area contributed by atoms with Gasteiger partial charge >= 0.3 is 0 Å². The summed E-state index contributed by atoms with van der Waals surface area (Å²) < 4.78 is 1.88. The van der Waals surface area contributed by atoms with E-state index in [1.54, 1.807) is 0 Å². The quantitative estimate of drug-likeness (QED) is 0.862. The van der Waals surface area contributed by atoms with Crippen molar-refractivity contribution in [3.05, 3.63) is 46.8 Å². The number of amides is 1. The van der Waals surface area contributed by atoms with Crippen LogP contribution in [-0.4, -0.2) is 33.7 Å².